The lowest BCUT2D eigenvalue weighted by molar-refractivity contribution is 0.278. The second kappa shape index (κ2) is 5.55. The lowest BCUT2D eigenvalue weighted by Crippen LogP contribution is -2.07. The highest BCUT2D eigenvalue weighted by atomic mass is 16.5. The SMILES string of the molecule is C1=NCCO1.OB(O)O. The number of ether oxygens (including phenoxy) is 1. The zero-order valence-corrected chi connectivity index (χ0v) is 4.77. The van der Waals surface area contributed by atoms with Crippen molar-refractivity contribution in [1.29, 1.82) is 0 Å². The molecule has 0 aromatic carbocycles. The standard InChI is InChI=1S/C3H5NO.BH3O3/c1-2-5-3-4-1;2-1(3)4/h3H,1-2H2;2-4H. The Hall–Kier alpha value is -0.585. The molecule has 0 aromatic heterocycles. The van der Waals surface area contributed by atoms with E-state index < -0.39 is 7.32 Å². The summed E-state index contributed by atoms with van der Waals surface area (Å²) in [6.45, 7) is 1.62. The van der Waals surface area contributed by atoms with E-state index in [1.165, 1.54) is 6.40 Å². The molecule has 1 rings (SSSR count). The summed E-state index contributed by atoms with van der Waals surface area (Å²) in [5.74, 6) is 0. The molecule has 0 radical (unpaired) electrons. The van der Waals surface area contributed by atoms with Gasteiger partial charge in [-0.2, -0.15) is 0 Å². The summed E-state index contributed by atoms with van der Waals surface area (Å²) in [4.78, 5) is 3.74. The van der Waals surface area contributed by atoms with Crippen LogP contribution in [0.1, 0.15) is 0 Å². The van der Waals surface area contributed by atoms with Crippen LogP contribution in [0.5, 0.6) is 0 Å². The Morgan fingerprint density at radius 1 is 1.44 bits per heavy atom. The van der Waals surface area contributed by atoms with E-state index in [2.05, 4.69) is 9.73 Å². The zero-order chi connectivity index (χ0) is 7.11. The van der Waals surface area contributed by atoms with Crippen LogP contribution in [0.3, 0.4) is 0 Å². The Labute approximate surface area is 52.8 Å². The van der Waals surface area contributed by atoms with Crippen LogP contribution in [0.15, 0.2) is 4.99 Å². The molecule has 52 valence electrons. The molecule has 0 aromatic rings. The summed E-state index contributed by atoms with van der Waals surface area (Å²) in [5, 5.41) is 21.5. The molecule has 3 N–H and O–H groups in total. The quantitative estimate of drug-likeness (QED) is 0.333. The third kappa shape index (κ3) is 11.2. The second-order valence-electron chi connectivity index (χ2n) is 1.23. The molecule has 1 heterocycles. The van der Waals surface area contributed by atoms with Gasteiger partial charge in [-0.25, -0.2) is 0 Å². The van der Waals surface area contributed by atoms with E-state index in [0.29, 0.717) is 0 Å². The molecule has 0 fully saturated rings. The Morgan fingerprint density at radius 2 is 2.00 bits per heavy atom. The summed E-state index contributed by atoms with van der Waals surface area (Å²) in [7, 11) is -2.17. The number of aliphatic imine (C=N–C) groups is 1. The molecule has 0 atom stereocenters. The van der Waals surface area contributed by atoms with Crippen LogP contribution in [0.25, 0.3) is 0 Å². The van der Waals surface area contributed by atoms with Crippen molar-refractivity contribution in [2.24, 2.45) is 4.99 Å². The highest BCUT2D eigenvalue weighted by Gasteiger charge is 1.92. The summed E-state index contributed by atoms with van der Waals surface area (Å²) < 4.78 is 4.65. The van der Waals surface area contributed by atoms with Crippen molar-refractivity contribution in [3.63, 3.8) is 0 Å². The molecule has 1 aliphatic rings. The normalized spacial score (nSPS) is 13.7. The van der Waals surface area contributed by atoms with E-state index >= 15 is 0 Å². The van der Waals surface area contributed by atoms with Crippen LogP contribution in [-0.2, 0) is 4.74 Å². The molecule has 0 spiro atoms. The van der Waals surface area contributed by atoms with Crippen molar-refractivity contribution >= 4 is 13.7 Å². The number of rotatable bonds is 0. The number of hydrogen-bond acceptors (Lipinski definition) is 5. The third-order valence-electron chi connectivity index (χ3n) is 0.487. The fraction of sp³-hybridized carbons (Fsp3) is 0.667. The minimum absolute atomic E-state index is 0.778. The van der Waals surface area contributed by atoms with Gasteiger partial charge in [-0.05, 0) is 0 Å². The van der Waals surface area contributed by atoms with E-state index in [9.17, 15) is 0 Å². The molecule has 5 nitrogen and oxygen atoms in total. The maximum absolute atomic E-state index is 7.17. The van der Waals surface area contributed by atoms with E-state index in [0.717, 1.165) is 13.2 Å². The highest BCUT2D eigenvalue weighted by Crippen LogP contribution is 1.78. The first-order valence-corrected chi connectivity index (χ1v) is 2.37. The molecule has 0 saturated heterocycles. The van der Waals surface area contributed by atoms with Gasteiger partial charge in [0.1, 0.15) is 6.61 Å². The second-order valence-corrected chi connectivity index (χ2v) is 1.23. The highest BCUT2D eigenvalue weighted by molar-refractivity contribution is 6.30. The van der Waals surface area contributed by atoms with Gasteiger partial charge in [-0.15, -0.1) is 0 Å². The zero-order valence-electron chi connectivity index (χ0n) is 4.77. The van der Waals surface area contributed by atoms with Crippen molar-refractivity contribution in [1.82, 2.24) is 0 Å². The van der Waals surface area contributed by atoms with Crippen molar-refractivity contribution in [2.75, 3.05) is 13.2 Å². The summed E-state index contributed by atoms with van der Waals surface area (Å²) in [6.07, 6.45) is 1.49. The Morgan fingerprint density at radius 3 is 2.11 bits per heavy atom. The lowest BCUT2D eigenvalue weighted by atomic mass is 10.3. The van der Waals surface area contributed by atoms with Gasteiger partial charge < -0.3 is 19.8 Å². The lowest BCUT2D eigenvalue weighted by Gasteiger charge is -1.76. The van der Waals surface area contributed by atoms with Gasteiger partial charge in [0.15, 0.2) is 6.40 Å². The van der Waals surface area contributed by atoms with Gasteiger partial charge >= 0.3 is 7.32 Å². The summed E-state index contributed by atoms with van der Waals surface area (Å²) >= 11 is 0. The molecule has 1 aliphatic heterocycles. The minimum atomic E-state index is -2.17. The molecule has 9 heavy (non-hydrogen) atoms. The minimum Gasteiger partial charge on any atom is -0.482 e. The fourth-order valence-corrected chi connectivity index (χ4v) is 0.264. The summed E-state index contributed by atoms with van der Waals surface area (Å²) in [5.41, 5.74) is 0. The van der Waals surface area contributed by atoms with Gasteiger partial charge in [0.05, 0.1) is 6.54 Å². The van der Waals surface area contributed by atoms with Gasteiger partial charge in [0, 0.05) is 0 Å². The average molecular weight is 133 g/mol. The van der Waals surface area contributed by atoms with E-state index in [4.69, 9.17) is 15.1 Å². The monoisotopic (exact) mass is 133 g/mol. The predicted octanol–water partition coefficient (Wildman–Crippen LogP) is -2.01. The first-order chi connectivity index (χ1) is 4.23. The maximum atomic E-state index is 7.17. The van der Waals surface area contributed by atoms with Gasteiger partial charge in [0.2, 0.25) is 0 Å². The van der Waals surface area contributed by atoms with E-state index in [1.807, 2.05) is 0 Å². The van der Waals surface area contributed by atoms with Crippen LogP contribution in [0.4, 0.5) is 0 Å². The van der Waals surface area contributed by atoms with Gasteiger partial charge in [0.25, 0.3) is 0 Å². The van der Waals surface area contributed by atoms with Crippen LogP contribution < -0.4 is 0 Å². The number of nitrogens with zero attached hydrogens (tertiary/aromatic N) is 1. The topological polar surface area (TPSA) is 82.3 Å². The van der Waals surface area contributed by atoms with Crippen molar-refractivity contribution in [2.45, 2.75) is 0 Å². The van der Waals surface area contributed by atoms with Crippen LogP contribution in [0, 0.1) is 0 Å². The average Bonchev–Trinajstić information content (AvgIpc) is 2.11. The Bertz CT molecular complexity index is 77.1. The van der Waals surface area contributed by atoms with Crippen molar-refractivity contribution < 1.29 is 19.8 Å². The van der Waals surface area contributed by atoms with E-state index in [1.54, 1.807) is 0 Å². The third-order valence-corrected chi connectivity index (χ3v) is 0.487. The van der Waals surface area contributed by atoms with E-state index in [-0.39, 0.29) is 0 Å². The smallest absolute Gasteiger partial charge is 0.482 e. The van der Waals surface area contributed by atoms with Gasteiger partial charge in [-0.1, -0.05) is 0 Å². The predicted molar refractivity (Wildman–Crippen MR) is 31.7 cm³/mol. The molecular formula is C3H8BNO4. The first kappa shape index (κ1) is 8.41. The maximum Gasteiger partial charge on any atom is 0.631 e. The van der Waals surface area contributed by atoms with Crippen LogP contribution in [-0.4, -0.2) is 41.9 Å². The molecule has 0 unspecified atom stereocenters. The molecule has 0 amide bonds. The molecule has 6 heteroatoms. The molecule has 0 saturated carbocycles. The first-order valence-electron chi connectivity index (χ1n) is 2.37. The largest absolute Gasteiger partial charge is 0.631 e. The summed E-state index contributed by atoms with van der Waals surface area (Å²) in [6, 6.07) is 0. The molecule has 0 bridgehead atoms. The van der Waals surface area contributed by atoms with Crippen molar-refractivity contribution in [3.8, 4) is 0 Å². The van der Waals surface area contributed by atoms with Crippen LogP contribution >= 0.6 is 0 Å². The van der Waals surface area contributed by atoms with Crippen molar-refractivity contribution in [3.05, 3.63) is 0 Å². The fourth-order valence-electron chi connectivity index (χ4n) is 0.264. The number of hydrogen-bond donors (Lipinski definition) is 3. The molecular weight excluding hydrogens is 125 g/mol. The Balaban J connectivity index is 0.000000148. The van der Waals surface area contributed by atoms with Gasteiger partial charge in [-0.3, -0.25) is 4.99 Å². The molecule has 0 aliphatic carbocycles. The Kier molecular flexibility index (Phi) is 5.19. The van der Waals surface area contributed by atoms with Crippen LogP contribution in [0.2, 0.25) is 0 Å².